The first kappa shape index (κ1) is 15.3. The molecule has 23 heavy (non-hydrogen) atoms. The van der Waals surface area contributed by atoms with Crippen molar-refractivity contribution in [2.45, 2.75) is 19.5 Å². The predicted octanol–water partition coefficient (Wildman–Crippen LogP) is 2.46. The largest absolute Gasteiger partial charge is 0.472 e. The molecule has 1 atom stereocenters. The van der Waals surface area contributed by atoms with Crippen LogP contribution in [0.1, 0.15) is 17.0 Å². The summed E-state index contributed by atoms with van der Waals surface area (Å²) in [5, 5.41) is 3.27. The average Bonchev–Trinajstić information content (AvgIpc) is 3.25. The molecule has 5 nitrogen and oxygen atoms in total. The quantitative estimate of drug-likeness (QED) is 0.860. The highest BCUT2D eigenvalue weighted by Gasteiger charge is 2.41. The summed E-state index contributed by atoms with van der Waals surface area (Å²) in [5.74, 6) is 0. The van der Waals surface area contributed by atoms with Gasteiger partial charge in [0, 0.05) is 48.7 Å². The van der Waals surface area contributed by atoms with E-state index in [4.69, 9.17) is 9.15 Å². The summed E-state index contributed by atoms with van der Waals surface area (Å²) in [6, 6.07) is 2.06. The Kier molecular flexibility index (Phi) is 4.48. The van der Waals surface area contributed by atoms with Gasteiger partial charge in [0.25, 0.3) is 0 Å². The van der Waals surface area contributed by atoms with Gasteiger partial charge in [0.15, 0.2) is 0 Å². The van der Waals surface area contributed by atoms with Crippen LogP contribution in [-0.4, -0.2) is 54.2 Å². The maximum atomic E-state index is 5.96. The summed E-state index contributed by atoms with van der Waals surface area (Å²) in [4.78, 5) is 9.47. The molecule has 2 fully saturated rings. The Balaban J connectivity index is 1.40. The van der Waals surface area contributed by atoms with Gasteiger partial charge in [-0.05, 0) is 19.0 Å². The number of hydrogen-bond donors (Lipinski definition) is 0. The zero-order valence-corrected chi connectivity index (χ0v) is 14.1. The molecule has 2 saturated heterocycles. The third-order valence-electron chi connectivity index (χ3n) is 4.87. The van der Waals surface area contributed by atoms with Crippen LogP contribution in [0, 0.1) is 5.41 Å². The molecule has 4 rings (SSSR count). The third kappa shape index (κ3) is 3.66. The fourth-order valence-corrected chi connectivity index (χ4v) is 4.45. The lowest BCUT2D eigenvalue weighted by Gasteiger charge is -2.31. The highest BCUT2D eigenvalue weighted by molar-refractivity contribution is 7.09. The van der Waals surface area contributed by atoms with Crippen LogP contribution >= 0.6 is 11.3 Å². The molecule has 0 radical (unpaired) electrons. The molecule has 2 aromatic heterocycles. The molecular formula is C17H23N3O2S. The van der Waals surface area contributed by atoms with Gasteiger partial charge in [0.1, 0.15) is 5.01 Å². The smallest absolute Gasteiger partial charge is 0.107 e. The lowest BCUT2D eigenvalue weighted by molar-refractivity contribution is 0.0706. The van der Waals surface area contributed by atoms with E-state index in [-0.39, 0.29) is 5.41 Å². The number of furan rings is 1. The van der Waals surface area contributed by atoms with E-state index in [0.717, 1.165) is 52.5 Å². The first-order chi connectivity index (χ1) is 11.3. The number of hydrogen-bond acceptors (Lipinski definition) is 6. The molecule has 2 aliphatic heterocycles. The van der Waals surface area contributed by atoms with Crippen molar-refractivity contribution >= 4 is 11.3 Å². The topological polar surface area (TPSA) is 41.7 Å². The molecule has 0 aliphatic carbocycles. The maximum absolute atomic E-state index is 5.96. The number of thiazole rings is 1. The molecule has 4 heterocycles. The van der Waals surface area contributed by atoms with Gasteiger partial charge in [-0.1, -0.05) is 0 Å². The van der Waals surface area contributed by atoms with Crippen LogP contribution in [0.5, 0.6) is 0 Å². The number of likely N-dealkylation sites (tertiary alicyclic amines) is 1. The minimum absolute atomic E-state index is 0.261. The monoisotopic (exact) mass is 333 g/mol. The molecule has 6 heteroatoms. The van der Waals surface area contributed by atoms with Crippen molar-refractivity contribution in [2.75, 3.05) is 39.4 Å². The van der Waals surface area contributed by atoms with Gasteiger partial charge in [-0.15, -0.1) is 11.3 Å². The molecule has 124 valence electrons. The lowest BCUT2D eigenvalue weighted by Crippen LogP contribution is -2.40. The minimum Gasteiger partial charge on any atom is -0.472 e. The van der Waals surface area contributed by atoms with Crippen molar-refractivity contribution in [2.24, 2.45) is 5.41 Å². The second-order valence-corrected chi connectivity index (χ2v) is 7.76. The van der Waals surface area contributed by atoms with E-state index in [1.165, 1.54) is 17.0 Å². The van der Waals surface area contributed by atoms with E-state index in [2.05, 4.69) is 26.2 Å². The first-order valence-corrected chi connectivity index (χ1v) is 9.11. The van der Waals surface area contributed by atoms with Crippen LogP contribution in [0.3, 0.4) is 0 Å². The van der Waals surface area contributed by atoms with Crippen molar-refractivity contribution in [3.8, 4) is 0 Å². The summed E-state index contributed by atoms with van der Waals surface area (Å²) in [5.41, 5.74) is 1.51. The molecule has 1 unspecified atom stereocenters. The Labute approximate surface area is 140 Å². The number of nitrogens with zero attached hydrogens (tertiary/aromatic N) is 3. The van der Waals surface area contributed by atoms with E-state index in [9.17, 15) is 0 Å². The molecule has 2 aromatic rings. The number of rotatable bonds is 4. The van der Waals surface area contributed by atoms with E-state index >= 15 is 0 Å². The second-order valence-electron chi connectivity index (χ2n) is 6.78. The maximum Gasteiger partial charge on any atom is 0.107 e. The minimum atomic E-state index is 0.261. The van der Waals surface area contributed by atoms with Crippen LogP contribution in [0.4, 0.5) is 0 Å². The third-order valence-corrected chi connectivity index (χ3v) is 5.63. The van der Waals surface area contributed by atoms with Gasteiger partial charge in [-0.3, -0.25) is 9.80 Å². The highest BCUT2D eigenvalue weighted by Crippen LogP contribution is 2.34. The zero-order valence-electron chi connectivity index (χ0n) is 13.3. The molecule has 1 spiro atoms. The number of ether oxygens (including phenoxy) is 1. The van der Waals surface area contributed by atoms with Gasteiger partial charge >= 0.3 is 0 Å². The summed E-state index contributed by atoms with van der Waals surface area (Å²) < 4.78 is 11.2. The molecule has 0 aromatic carbocycles. The Hall–Kier alpha value is -1.21. The SMILES string of the molecule is c1csc(CN2CCC3(COCCN(Cc4ccoc4)C3)C2)n1. The lowest BCUT2D eigenvalue weighted by atomic mass is 9.87. The first-order valence-electron chi connectivity index (χ1n) is 8.23. The van der Waals surface area contributed by atoms with Crippen molar-refractivity contribution < 1.29 is 9.15 Å². The van der Waals surface area contributed by atoms with Crippen LogP contribution < -0.4 is 0 Å². The average molecular weight is 333 g/mol. The Morgan fingerprint density at radius 1 is 1.22 bits per heavy atom. The van der Waals surface area contributed by atoms with Gasteiger partial charge in [0.2, 0.25) is 0 Å². The van der Waals surface area contributed by atoms with Gasteiger partial charge < -0.3 is 9.15 Å². The molecular weight excluding hydrogens is 310 g/mol. The van der Waals surface area contributed by atoms with Gasteiger partial charge in [-0.25, -0.2) is 4.98 Å². The predicted molar refractivity (Wildman–Crippen MR) is 89.2 cm³/mol. The van der Waals surface area contributed by atoms with Crippen molar-refractivity contribution in [1.82, 2.24) is 14.8 Å². The van der Waals surface area contributed by atoms with Gasteiger partial charge in [0.05, 0.1) is 32.3 Å². The number of aromatic nitrogens is 1. The normalized spacial score (nSPS) is 26.8. The summed E-state index contributed by atoms with van der Waals surface area (Å²) in [7, 11) is 0. The molecule has 0 N–H and O–H groups in total. The summed E-state index contributed by atoms with van der Waals surface area (Å²) in [6.45, 7) is 7.98. The highest BCUT2D eigenvalue weighted by atomic mass is 32.1. The molecule has 0 amide bonds. The van der Waals surface area contributed by atoms with E-state index < -0.39 is 0 Å². The van der Waals surface area contributed by atoms with Crippen LogP contribution in [0.2, 0.25) is 0 Å². The molecule has 2 aliphatic rings. The Bertz CT molecular complexity index is 601. The Morgan fingerprint density at radius 2 is 2.13 bits per heavy atom. The van der Waals surface area contributed by atoms with Crippen LogP contribution in [0.15, 0.2) is 34.6 Å². The van der Waals surface area contributed by atoms with E-state index in [1.807, 2.05) is 12.5 Å². The molecule has 0 saturated carbocycles. The summed E-state index contributed by atoms with van der Waals surface area (Å²) >= 11 is 1.75. The molecule has 0 bridgehead atoms. The zero-order chi connectivity index (χ0) is 15.5. The van der Waals surface area contributed by atoms with Crippen LogP contribution in [0.25, 0.3) is 0 Å². The van der Waals surface area contributed by atoms with Crippen LogP contribution in [-0.2, 0) is 17.8 Å². The van der Waals surface area contributed by atoms with Crippen molar-refractivity contribution in [3.63, 3.8) is 0 Å². The van der Waals surface area contributed by atoms with E-state index in [0.29, 0.717) is 0 Å². The van der Waals surface area contributed by atoms with Gasteiger partial charge in [-0.2, -0.15) is 0 Å². The fraction of sp³-hybridized carbons (Fsp3) is 0.588. The second kappa shape index (κ2) is 6.73. The van der Waals surface area contributed by atoms with Crippen molar-refractivity contribution in [1.29, 1.82) is 0 Å². The summed E-state index contributed by atoms with van der Waals surface area (Å²) in [6.07, 6.45) is 6.71. The standard InChI is InChI=1S/C17H23N3O2S/c1-6-21-11-15(1)9-20-5-7-22-14-17(13-20)2-4-19(12-17)10-16-18-3-8-23-16/h1,3,6,8,11H,2,4-5,7,9-10,12-14H2. The fourth-order valence-electron chi connectivity index (χ4n) is 3.79. The Morgan fingerprint density at radius 3 is 2.91 bits per heavy atom. The van der Waals surface area contributed by atoms with E-state index in [1.54, 1.807) is 17.6 Å². The van der Waals surface area contributed by atoms with Crippen molar-refractivity contribution in [3.05, 3.63) is 40.7 Å².